The van der Waals surface area contributed by atoms with E-state index in [0.717, 1.165) is 31.5 Å². The quantitative estimate of drug-likeness (QED) is 0.756. The van der Waals surface area contributed by atoms with Crippen LogP contribution in [0.5, 0.6) is 0 Å². The molecule has 1 N–H and O–H groups in total. The molecule has 0 fully saturated rings. The summed E-state index contributed by atoms with van der Waals surface area (Å²) in [5.41, 5.74) is 2.48. The van der Waals surface area contributed by atoms with Crippen LogP contribution in [0.15, 0.2) is 11.6 Å². The molecule has 0 bridgehead atoms. The van der Waals surface area contributed by atoms with Crippen LogP contribution in [0.4, 0.5) is 0 Å². The monoisotopic (exact) mass is 253 g/mol. The van der Waals surface area contributed by atoms with Crippen LogP contribution < -0.4 is 5.32 Å². The fraction of sp³-hybridized carbons (Fsp3) is 0.692. The maximum absolute atomic E-state index is 4.24. The molecule has 0 saturated carbocycles. The highest BCUT2D eigenvalue weighted by molar-refractivity contribution is 7.05. The zero-order valence-electron chi connectivity index (χ0n) is 11.3. The first-order chi connectivity index (χ1) is 8.19. The second kappa shape index (κ2) is 7.56. The number of nitrogens with one attached hydrogen (secondary N) is 1. The molecule has 3 nitrogen and oxygen atoms in total. The lowest BCUT2D eigenvalue weighted by atomic mass is 10.1. The van der Waals surface area contributed by atoms with Crippen molar-refractivity contribution < 1.29 is 0 Å². The van der Waals surface area contributed by atoms with Crippen LogP contribution in [0.25, 0.3) is 0 Å². The smallest absolute Gasteiger partial charge is 0.0806 e. The highest BCUT2D eigenvalue weighted by Crippen LogP contribution is 2.23. The van der Waals surface area contributed by atoms with Crippen LogP contribution in [-0.2, 0) is 6.42 Å². The zero-order valence-corrected chi connectivity index (χ0v) is 12.1. The molecule has 0 aliphatic carbocycles. The van der Waals surface area contributed by atoms with E-state index in [0.29, 0.717) is 0 Å². The van der Waals surface area contributed by atoms with Gasteiger partial charge in [0.1, 0.15) is 0 Å². The van der Waals surface area contributed by atoms with Crippen molar-refractivity contribution in [2.24, 2.45) is 0 Å². The van der Waals surface area contributed by atoms with E-state index in [1.54, 1.807) is 0 Å². The molecule has 1 heterocycles. The Balaban J connectivity index is 2.87. The summed E-state index contributed by atoms with van der Waals surface area (Å²) in [5.74, 6) is 0. The van der Waals surface area contributed by atoms with E-state index >= 15 is 0 Å². The van der Waals surface area contributed by atoms with Crippen LogP contribution in [-0.4, -0.2) is 16.1 Å². The van der Waals surface area contributed by atoms with Crippen molar-refractivity contribution in [1.82, 2.24) is 14.9 Å². The Morgan fingerprint density at radius 1 is 1.35 bits per heavy atom. The predicted octanol–water partition coefficient (Wildman–Crippen LogP) is 3.50. The summed E-state index contributed by atoms with van der Waals surface area (Å²) in [6.07, 6.45) is 5.55. The molecule has 17 heavy (non-hydrogen) atoms. The molecule has 1 unspecified atom stereocenters. The summed E-state index contributed by atoms with van der Waals surface area (Å²) < 4.78 is 4.10. The second-order valence-electron chi connectivity index (χ2n) is 4.51. The zero-order chi connectivity index (χ0) is 12.7. The minimum atomic E-state index is 0.279. The van der Waals surface area contributed by atoms with Gasteiger partial charge in [0.05, 0.1) is 16.6 Å². The minimum absolute atomic E-state index is 0.279. The molecular weight excluding hydrogens is 230 g/mol. The lowest BCUT2D eigenvalue weighted by molar-refractivity contribution is 0.610. The largest absolute Gasteiger partial charge is 0.306 e. The third kappa shape index (κ3) is 4.56. The van der Waals surface area contributed by atoms with E-state index in [-0.39, 0.29) is 6.04 Å². The molecule has 0 amide bonds. The first-order valence-electron chi connectivity index (χ1n) is 6.38. The second-order valence-corrected chi connectivity index (χ2v) is 5.30. The number of hydrogen-bond donors (Lipinski definition) is 1. The van der Waals surface area contributed by atoms with Gasteiger partial charge in [0.2, 0.25) is 0 Å². The molecule has 0 spiro atoms. The Labute approximate surface area is 108 Å². The summed E-state index contributed by atoms with van der Waals surface area (Å²) in [5, 5.41) is 7.80. The molecule has 1 aromatic rings. The van der Waals surface area contributed by atoms with Crippen LogP contribution in [0.2, 0.25) is 0 Å². The van der Waals surface area contributed by atoms with E-state index < -0.39 is 0 Å². The number of hydrogen-bond acceptors (Lipinski definition) is 4. The van der Waals surface area contributed by atoms with E-state index in [2.05, 4.69) is 48.7 Å². The average Bonchev–Trinajstić information content (AvgIpc) is 2.72. The number of nitrogens with zero attached hydrogens (tertiary/aromatic N) is 2. The van der Waals surface area contributed by atoms with Crippen LogP contribution in [0.3, 0.4) is 0 Å². The number of rotatable bonds is 7. The van der Waals surface area contributed by atoms with Gasteiger partial charge in [-0.05, 0) is 44.8 Å². The maximum atomic E-state index is 4.24. The summed E-state index contributed by atoms with van der Waals surface area (Å²) in [6.45, 7) is 9.66. The van der Waals surface area contributed by atoms with Crippen LogP contribution in [0.1, 0.15) is 57.1 Å². The highest BCUT2D eigenvalue weighted by atomic mass is 32.1. The van der Waals surface area contributed by atoms with Crippen molar-refractivity contribution in [3.05, 3.63) is 22.2 Å². The van der Waals surface area contributed by atoms with Crippen molar-refractivity contribution in [2.45, 2.75) is 53.0 Å². The molecule has 1 rings (SSSR count). The van der Waals surface area contributed by atoms with Gasteiger partial charge in [-0.1, -0.05) is 36.4 Å². The third-order valence-electron chi connectivity index (χ3n) is 2.47. The Hall–Kier alpha value is -0.740. The summed E-state index contributed by atoms with van der Waals surface area (Å²) in [4.78, 5) is 1.28. The van der Waals surface area contributed by atoms with Gasteiger partial charge >= 0.3 is 0 Å². The lowest BCUT2D eigenvalue weighted by Crippen LogP contribution is -2.21. The highest BCUT2D eigenvalue weighted by Gasteiger charge is 2.16. The molecule has 0 aromatic carbocycles. The van der Waals surface area contributed by atoms with E-state index in [4.69, 9.17) is 0 Å². The maximum Gasteiger partial charge on any atom is 0.0806 e. The molecular formula is C13H23N3S. The van der Waals surface area contributed by atoms with Crippen molar-refractivity contribution in [2.75, 3.05) is 6.54 Å². The van der Waals surface area contributed by atoms with Crippen molar-refractivity contribution in [1.29, 1.82) is 0 Å². The molecule has 0 radical (unpaired) electrons. The van der Waals surface area contributed by atoms with Gasteiger partial charge in [-0.25, -0.2) is 0 Å². The summed E-state index contributed by atoms with van der Waals surface area (Å²) in [6, 6.07) is 0.279. The van der Waals surface area contributed by atoms with E-state index in [9.17, 15) is 0 Å². The van der Waals surface area contributed by atoms with Gasteiger partial charge in [-0.15, -0.1) is 5.10 Å². The third-order valence-corrected chi connectivity index (χ3v) is 3.32. The molecule has 4 heteroatoms. The SMILES string of the molecule is CCCNC(C=C(C)C)c1snnc1CCC. The standard InChI is InChI=1S/C13H23N3S/c1-5-7-11-13(17-16-15-11)12(9-10(3)4)14-8-6-2/h9,12,14H,5-8H2,1-4H3. The van der Waals surface area contributed by atoms with Crippen LogP contribution >= 0.6 is 11.5 Å². The Kier molecular flexibility index (Phi) is 6.37. The predicted molar refractivity (Wildman–Crippen MR) is 74.4 cm³/mol. The molecule has 1 aromatic heterocycles. The number of allylic oxidation sites excluding steroid dienone is 1. The van der Waals surface area contributed by atoms with Gasteiger partial charge in [0.25, 0.3) is 0 Å². The fourth-order valence-corrected chi connectivity index (χ4v) is 2.46. The Morgan fingerprint density at radius 3 is 2.71 bits per heavy atom. The number of aromatic nitrogens is 2. The first-order valence-corrected chi connectivity index (χ1v) is 7.15. The molecule has 1 atom stereocenters. The normalized spacial score (nSPS) is 12.5. The van der Waals surface area contributed by atoms with Gasteiger partial charge < -0.3 is 5.32 Å². The topological polar surface area (TPSA) is 37.8 Å². The minimum Gasteiger partial charge on any atom is -0.306 e. The van der Waals surface area contributed by atoms with Gasteiger partial charge in [0.15, 0.2) is 0 Å². The van der Waals surface area contributed by atoms with Crippen molar-refractivity contribution in [3.63, 3.8) is 0 Å². The molecule has 0 saturated heterocycles. The first kappa shape index (κ1) is 14.3. The van der Waals surface area contributed by atoms with Gasteiger partial charge in [-0.2, -0.15) is 0 Å². The van der Waals surface area contributed by atoms with Crippen LogP contribution in [0, 0.1) is 0 Å². The molecule has 0 aliphatic rings. The van der Waals surface area contributed by atoms with Crippen molar-refractivity contribution >= 4 is 11.5 Å². The average molecular weight is 253 g/mol. The van der Waals surface area contributed by atoms with Gasteiger partial charge in [0, 0.05) is 0 Å². The molecule has 96 valence electrons. The van der Waals surface area contributed by atoms with E-state index in [1.165, 1.54) is 22.0 Å². The van der Waals surface area contributed by atoms with Crippen molar-refractivity contribution in [3.8, 4) is 0 Å². The lowest BCUT2D eigenvalue weighted by Gasteiger charge is -2.14. The van der Waals surface area contributed by atoms with Gasteiger partial charge in [-0.3, -0.25) is 0 Å². The number of aryl methyl sites for hydroxylation is 1. The molecule has 0 aliphatic heterocycles. The Bertz CT molecular complexity index is 353. The summed E-state index contributed by atoms with van der Waals surface area (Å²) in [7, 11) is 0. The summed E-state index contributed by atoms with van der Waals surface area (Å²) >= 11 is 1.52. The fourth-order valence-electron chi connectivity index (χ4n) is 1.72. The van der Waals surface area contributed by atoms with E-state index in [1.807, 2.05) is 0 Å². The Morgan fingerprint density at radius 2 is 2.12 bits per heavy atom.